The van der Waals surface area contributed by atoms with Crippen LogP contribution < -0.4 is 9.47 Å². The van der Waals surface area contributed by atoms with Crippen molar-refractivity contribution in [3.8, 4) is 11.5 Å². The van der Waals surface area contributed by atoms with E-state index in [1.165, 1.54) is 19.4 Å². The Balaban J connectivity index is 1.55. The summed E-state index contributed by atoms with van der Waals surface area (Å²) in [5.74, 6) is 1.55. The first-order chi connectivity index (χ1) is 11.3. The first-order valence-electron chi connectivity index (χ1n) is 8.72. The van der Waals surface area contributed by atoms with Crippen LogP contribution in [0, 0.1) is 0 Å². The van der Waals surface area contributed by atoms with Gasteiger partial charge in [-0.2, -0.15) is 0 Å². The third-order valence-corrected chi connectivity index (χ3v) is 5.44. The van der Waals surface area contributed by atoms with E-state index in [1.54, 1.807) is 0 Å². The molecule has 0 spiro atoms. The van der Waals surface area contributed by atoms with Gasteiger partial charge in [0, 0.05) is 24.2 Å². The van der Waals surface area contributed by atoms with Crippen molar-refractivity contribution < 1.29 is 14.3 Å². The Hall–Kier alpha value is -1.75. The maximum Gasteiger partial charge on any atom is 0.254 e. The van der Waals surface area contributed by atoms with Crippen molar-refractivity contribution in [2.45, 2.75) is 44.7 Å². The van der Waals surface area contributed by atoms with Crippen LogP contribution in [-0.2, 0) is 0 Å². The third kappa shape index (κ3) is 2.57. The molecule has 1 aromatic rings. The molecule has 3 aliphatic rings. The highest BCUT2D eigenvalue weighted by atomic mass is 16.7. The quantitative estimate of drug-likeness (QED) is 0.859. The molecule has 0 aliphatic carbocycles. The number of amides is 1. The largest absolute Gasteiger partial charge is 0.454 e. The molecule has 5 nitrogen and oxygen atoms in total. The van der Waals surface area contributed by atoms with Gasteiger partial charge in [0.2, 0.25) is 6.79 Å². The molecule has 3 heterocycles. The van der Waals surface area contributed by atoms with Crippen LogP contribution in [0.25, 0.3) is 0 Å². The molecule has 3 aliphatic heterocycles. The van der Waals surface area contributed by atoms with Crippen LogP contribution in [0.5, 0.6) is 11.5 Å². The number of carbonyl (C=O) groups excluding carboxylic acids is 1. The van der Waals surface area contributed by atoms with Gasteiger partial charge in [0.25, 0.3) is 5.91 Å². The molecule has 0 N–H and O–H groups in total. The van der Waals surface area contributed by atoms with Gasteiger partial charge >= 0.3 is 0 Å². The van der Waals surface area contributed by atoms with Crippen molar-refractivity contribution in [1.82, 2.24) is 9.80 Å². The van der Waals surface area contributed by atoms with Crippen molar-refractivity contribution in [1.29, 1.82) is 0 Å². The van der Waals surface area contributed by atoms with E-state index in [0.717, 1.165) is 31.7 Å². The van der Waals surface area contributed by atoms with E-state index in [-0.39, 0.29) is 12.7 Å². The van der Waals surface area contributed by atoms with E-state index >= 15 is 0 Å². The van der Waals surface area contributed by atoms with Crippen LogP contribution in [-0.4, -0.2) is 54.2 Å². The minimum Gasteiger partial charge on any atom is -0.454 e. The average Bonchev–Trinajstić information content (AvgIpc) is 3.30. The lowest BCUT2D eigenvalue weighted by Crippen LogP contribution is -2.48. The van der Waals surface area contributed by atoms with E-state index < -0.39 is 0 Å². The number of ether oxygens (including phenoxy) is 2. The number of likely N-dealkylation sites (N-methyl/N-ethyl adjacent to an activating group) is 1. The van der Waals surface area contributed by atoms with Gasteiger partial charge in [0.1, 0.15) is 0 Å². The summed E-state index contributed by atoms with van der Waals surface area (Å²) in [5.41, 5.74) is 0.710. The van der Waals surface area contributed by atoms with E-state index in [9.17, 15) is 4.79 Å². The van der Waals surface area contributed by atoms with E-state index in [0.29, 0.717) is 23.4 Å². The predicted octanol–water partition coefficient (Wildman–Crippen LogP) is 2.50. The molecule has 5 heteroatoms. The number of hydrogen-bond donors (Lipinski definition) is 0. The second-order valence-corrected chi connectivity index (χ2v) is 6.61. The molecule has 1 amide bonds. The van der Waals surface area contributed by atoms with Gasteiger partial charge < -0.3 is 14.4 Å². The number of benzene rings is 1. The summed E-state index contributed by atoms with van der Waals surface area (Å²) >= 11 is 0. The molecular weight excluding hydrogens is 292 g/mol. The molecule has 0 unspecified atom stereocenters. The first kappa shape index (κ1) is 14.8. The molecule has 23 heavy (non-hydrogen) atoms. The van der Waals surface area contributed by atoms with Gasteiger partial charge in [-0.3, -0.25) is 9.69 Å². The molecule has 2 saturated heterocycles. The highest BCUT2D eigenvalue weighted by molar-refractivity contribution is 5.95. The number of carbonyl (C=O) groups is 1. The van der Waals surface area contributed by atoms with Crippen LogP contribution in [0.2, 0.25) is 0 Å². The van der Waals surface area contributed by atoms with Crippen molar-refractivity contribution in [2.75, 3.05) is 26.4 Å². The number of nitrogens with zero attached hydrogens (tertiary/aromatic N) is 2. The van der Waals surface area contributed by atoms with Crippen molar-refractivity contribution in [2.24, 2.45) is 0 Å². The fraction of sp³-hybridized carbons (Fsp3) is 0.611. The standard InChI is InChI=1S/C18H24N2O3/c1-2-19-9-3-5-14(19)15-6-4-10-20(15)18(21)13-7-8-16-17(11-13)23-12-22-16/h7-8,11,14-15H,2-6,9-10,12H2,1H3/t14-,15+/m1/s1. The average molecular weight is 316 g/mol. The fourth-order valence-electron chi connectivity index (χ4n) is 4.32. The molecule has 124 valence electrons. The molecule has 2 atom stereocenters. The van der Waals surface area contributed by atoms with Gasteiger partial charge in [0.15, 0.2) is 11.5 Å². The Labute approximate surface area is 137 Å². The Morgan fingerprint density at radius 1 is 1.13 bits per heavy atom. The molecule has 0 bridgehead atoms. The maximum atomic E-state index is 13.0. The number of likely N-dealkylation sites (tertiary alicyclic amines) is 2. The lowest BCUT2D eigenvalue weighted by molar-refractivity contribution is 0.0649. The van der Waals surface area contributed by atoms with Crippen LogP contribution in [0.3, 0.4) is 0 Å². The highest BCUT2D eigenvalue weighted by Gasteiger charge is 2.39. The van der Waals surface area contributed by atoms with Crippen molar-refractivity contribution >= 4 is 5.91 Å². The zero-order valence-corrected chi connectivity index (χ0v) is 13.7. The Bertz CT molecular complexity index is 604. The monoisotopic (exact) mass is 316 g/mol. The zero-order chi connectivity index (χ0) is 15.8. The van der Waals surface area contributed by atoms with Crippen LogP contribution in [0.1, 0.15) is 43.0 Å². The Kier molecular flexibility index (Phi) is 3.89. The third-order valence-electron chi connectivity index (χ3n) is 5.44. The Morgan fingerprint density at radius 2 is 1.91 bits per heavy atom. The van der Waals surface area contributed by atoms with Gasteiger partial charge in [-0.15, -0.1) is 0 Å². The second kappa shape index (κ2) is 6.04. The predicted molar refractivity (Wildman–Crippen MR) is 86.9 cm³/mol. The smallest absolute Gasteiger partial charge is 0.254 e. The molecule has 0 aromatic heterocycles. The van der Waals surface area contributed by atoms with Crippen LogP contribution in [0.15, 0.2) is 18.2 Å². The van der Waals surface area contributed by atoms with Gasteiger partial charge in [-0.25, -0.2) is 0 Å². The Morgan fingerprint density at radius 3 is 2.78 bits per heavy atom. The van der Waals surface area contributed by atoms with E-state index in [1.807, 2.05) is 18.2 Å². The molecule has 2 fully saturated rings. The number of fused-ring (bicyclic) bond motifs is 1. The summed E-state index contributed by atoms with van der Waals surface area (Å²) in [4.78, 5) is 17.7. The molecule has 0 radical (unpaired) electrons. The number of rotatable bonds is 3. The van der Waals surface area contributed by atoms with Gasteiger partial charge in [0.05, 0.1) is 0 Å². The van der Waals surface area contributed by atoms with E-state index in [4.69, 9.17) is 9.47 Å². The lowest BCUT2D eigenvalue weighted by Gasteiger charge is -2.34. The van der Waals surface area contributed by atoms with Crippen molar-refractivity contribution in [3.63, 3.8) is 0 Å². The number of hydrogen-bond acceptors (Lipinski definition) is 4. The SMILES string of the molecule is CCN1CCC[C@@H]1[C@@H]1CCCN1C(=O)c1ccc2c(c1)OCO2. The van der Waals surface area contributed by atoms with Gasteiger partial charge in [-0.1, -0.05) is 6.92 Å². The van der Waals surface area contributed by atoms with Crippen LogP contribution in [0.4, 0.5) is 0 Å². The zero-order valence-electron chi connectivity index (χ0n) is 13.7. The topological polar surface area (TPSA) is 42.0 Å². The summed E-state index contributed by atoms with van der Waals surface area (Å²) in [7, 11) is 0. The summed E-state index contributed by atoms with van der Waals surface area (Å²) in [6.45, 7) is 5.58. The minimum absolute atomic E-state index is 0.133. The highest BCUT2D eigenvalue weighted by Crippen LogP contribution is 2.35. The van der Waals surface area contributed by atoms with Crippen LogP contribution >= 0.6 is 0 Å². The molecule has 4 rings (SSSR count). The fourth-order valence-corrected chi connectivity index (χ4v) is 4.32. The normalized spacial score (nSPS) is 26.9. The minimum atomic E-state index is 0.133. The maximum absolute atomic E-state index is 13.0. The summed E-state index contributed by atoms with van der Waals surface area (Å²) < 4.78 is 10.7. The first-order valence-corrected chi connectivity index (χ1v) is 8.72. The molecule has 1 aromatic carbocycles. The molecule has 0 saturated carbocycles. The van der Waals surface area contributed by atoms with E-state index in [2.05, 4.69) is 16.7 Å². The summed E-state index contributed by atoms with van der Waals surface area (Å²) in [5, 5.41) is 0. The second-order valence-electron chi connectivity index (χ2n) is 6.61. The summed E-state index contributed by atoms with van der Waals surface area (Å²) in [6, 6.07) is 6.41. The van der Waals surface area contributed by atoms with Gasteiger partial charge in [-0.05, 0) is 57.0 Å². The molecular formula is C18H24N2O3. The lowest BCUT2D eigenvalue weighted by atomic mass is 10.0. The summed E-state index contributed by atoms with van der Waals surface area (Å²) in [6.07, 6.45) is 4.69. The van der Waals surface area contributed by atoms with Crippen molar-refractivity contribution in [3.05, 3.63) is 23.8 Å².